The van der Waals surface area contributed by atoms with Crippen LogP contribution in [0.25, 0.3) is 16.3 Å². The molecule has 1 saturated heterocycles. The van der Waals surface area contributed by atoms with Gasteiger partial charge in [-0.25, -0.2) is 31.3 Å². The van der Waals surface area contributed by atoms with Gasteiger partial charge in [-0.2, -0.15) is 0 Å². The molecule has 0 bridgehead atoms. The maximum absolute atomic E-state index is 13.8. The zero-order valence-corrected chi connectivity index (χ0v) is 21.0. The van der Waals surface area contributed by atoms with Crippen LogP contribution < -0.4 is 14.9 Å². The number of nitrogens with one attached hydrogen (secondary N) is 2. The summed E-state index contributed by atoms with van der Waals surface area (Å²) in [7, 11) is -3.91. The summed E-state index contributed by atoms with van der Waals surface area (Å²) in [4.78, 5) is 6.43. The quantitative estimate of drug-likeness (QED) is 0.485. The molecule has 0 unspecified atom stereocenters. The predicted molar refractivity (Wildman–Crippen MR) is 126 cm³/mol. The average molecular weight is 530 g/mol. The van der Waals surface area contributed by atoms with Crippen LogP contribution >= 0.6 is 11.3 Å². The normalized spacial score (nSPS) is 24.4. The summed E-state index contributed by atoms with van der Waals surface area (Å²) >= 11 is 0.722. The van der Waals surface area contributed by atoms with Crippen LogP contribution in [0.3, 0.4) is 0 Å². The van der Waals surface area contributed by atoms with E-state index in [4.69, 9.17) is 0 Å². The predicted octanol–water partition coefficient (Wildman–Crippen LogP) is 3.15. The van der Waals surface area contributed by atoms with Gasteiger partial charge in [-0.05, 0) is 39.7 Å². The zero-order valence-electron chi connectivity index (χ0n) is 19.4. The van der Waals surface area contributed by atoms with Crippen molar-refractivity contribution in [3.63, 3.8) is 0 Å². The zero-order chi connectivity index (χ0) is 25.1. The van der Waals surface area contributed by atoms with Crippen LogP contribution in [0.1, 0.15) is 45.0 Å². The van der Waals surface area contributed by atoms with E-state index in [0.717, 1.165) is 24.2 Å². The summed E-state index contributed by atoms with van der Waals surface area (Å²) in [5.41, 5.74) is 0.785. The molecule has 1 saturated carbocycles. The van der Waals surface area contributed by atoms with E-state index in [0.29, 0.717) is 23.6 Å². The number of rotatable bonds is 7. The lowest BCUT2D eigenvalue weighted by Crippen LogP contribution is -2.61. The second kappa shape index (κ2) is 8.68. The summed E-state index contributed by atoms with van der Waals surface area (Å²) in [5, 5.41) is 10.4. The average Bonchev–Trinajstić information content (AvgIpc) is 3.18. The van der Waals surface area contributed by atoms with E-state index in [2.05, 4.69) is 25.2 Å². The van der Waals surface area contributed by atoms with Gasteiger partial charge < -0.3 is 10.2 Å². The molecule has 3 atom stereocenters. The highest BCUT2D eigenvalue weighted by molar-refractivity contribution is 7.89. The van der Waals surface area contributed by atoms with E-state index in [1.807, 2.05) is 25.7 Å². The van der Waals surface area contributed by atoms with Gasteiger partial charge in [0.15, 0.2) is 15.7 Å². The molecule has 9 nitrogen and oxygen atoms in total. The molecule has 4 heterocycles. The summed E-state index contributed by atoms with van der Waals surface area (Å²) in [5.74, 6) is 0. The summed E-state index contributed by atoms with van der Waals surface area (Å²) in [6.45, 7) is 5.55. The highest BCUT2D eigenvalue weighted by atomic mass is 32.2. The number of hydrogen-bond acceptors (Lipinski definition) is 8. The number of piperazine rings is 1. The number of halogens is 3. The monoisotopic (exact) mass is 529 g/mol. The van der Waals surface area contributed by atoms with Crippen molar-refractivity contribution in [3.05, 3.63) is 23.5 Å². The molecule has 0 spiro atoms. The topological polar surface area (TPSA) is 105 Å². The van der Waals surface area contributed by atoms with Gasteiger partial charge in [0.25, 0.3) is 6.43 Å². The minimum absolute atomic E-state index is 0.00107. The molecule has 1 aliphatic carbocycles. The first-order valence-electron chi connectivity index (χ1n) is 11.3. The Hall–Kier alpha value is -2.29. The Morgan fingerprint density at radius 2 is 2.06 bits per heavy atom. The smallest absolute Gasteiger partial charge is 0.291 e. The van der Waals surface area contributed by atoms with Crippen molar-refractivity contribution >= 4 is 32.7 Å². The van der Waals surface area contributed by atoms with Gasteiger partial charge in [0.2, 0.25) is 10.0 Å². The third-order valence-corrected chi connectivity index (χ3v) is 9.18. The van der Waals surface area contributed by atoms with Crippen LogP contribution in [0.2, 0.25) is 0 Å². The molecule has 3 aromatic rings. The Kier molecular flexibility index (Phi) is 6.05. The third kappa shape index (κ3) is 4.52. The maximum atomic E-state index is 13.8. The first-order chi connectivity index (χ1) is 16.5. The van der Waals surface area contributed by atoms with E-state index in [9.17, 15) is 21.6 Å². The van der Waals surface area contributed by atoms with E-state index in [1.54, 1.807) is 10.5 Å². The maximum Gasteiger partial charge on any atom is 0.291 e. The van der Waals surface area contributed by atoms with Gasteiger partial charge in [-0.1, -0.05) is 11.3 Å². The number of aromatic nitrogens is 4. The Morgan fingerprint density at radius 3 is 2.69 bits per heavy atom. The van der Waals surface area contributed by atoms with E-state index in [-0.39, 0.29) is 22.0 Å². The molecular formula is C21H26F3N7O2S2. The molecule has 14 heteroatoms. The van der Waals surface area contributed by atoms with Crippen LogP contribution in [0.5, 0.6) is 0 Å². The van der Waals surface area contributed by atoms with Crippen LogP contribution in [0, 0.1) is 0 Å². The Balaban J connectivity index is 1.68. The summed E-state index contributed by atoms with van der Waals surface area (Å²) in [6.07, 6.45) is 1.59. The number of sulfonamides is 1. The molecule has 2 fully saturated rings. The standard InChI is InChI=1S/C21H26F3N7O2S2/c1-11-9-30(12(2)14(7-22)26-11)15-6-13(35(32,33)29-21(3)4-5-21)10-31-16(8-25-18(15)31)19-27-28-20(34-19)17(23)24/h6,8,10-12,14,17,26,29H,4-5,7,9H2,1-3H3/t11-,12-,14-/m0/s1. The van der Waals surface area contributed by atoms with Crippen molar-refractivity contribution in [2.75, 3.05) is 18.1 Å². The number of hydrogen-bond donors (Lipinski definition) is 2. The van der Waals surface area contributed by atoms with E-state index < -0.39 is 39.7 Å². The van der Waals surface area contributed by atoms with Crippen LogP contribution in [-0.2, 0) is 10.0 Å². The molecule has 2 N–H and O–H groups in total. The Bertz CT molecular complexity index is 1360. The van der Waals surface area contributed by atoms with Crippen molar-refractivity contribution in [2.24, 2.45) is 0 Å². The van der Waals surface area contributed by atoms with Crippen molar-refractivity contribution in [1.82, 2.24) is 29.6 Å². The highest BCUT2D eigenvalue weighted by Gasteiger charge is 2.42. The van der Waals surface area contributed by atoms with Crippen molar-refractivity contribution < 1.29 is 21.6 Å². The van der Waals surface area contributed by atoms with Gasteiger partial charge in [-0.3, -0.25) is 4.40 Å². The number of pyridine rings is 1. The molecule has 1 aliphatic heterocycles. The van der Waals surface area contributed by atoms with Gasteiger partial charge in [-0.15, -0.1) is 10.2 Å². The van der Waals surface area contributed by atoms with Gasteiger partial charge in [0.1, 0.15) is 17.3 Å². The lowest BCUT2D eigenvalue weighted by atomic mass is 10.0. The number of fused-ring (bicyclic) bond motifs is 1. The minimum Gasteiger partial charge on any atom is -0.363 e. The lowest BCUT2D eigenvalue weighted by Gasteiger charge is -2.43. The number of nitrogens with zero attached hydrogens (tertiary/aromatic N) is 5. The summed E-state index contributed by atoms with van der Waals surface area (Å²) in [6, 6.07) is 0.754. The second-order valence-corrected chi connectivity index (χ2v) is 12.2. The van der Waals surface area contributed by atoms with Crippen molar-refractivity contribution in [1.29, 1.82) is 0 Å². The van der Waals surface area contributed by atoms with Gasteiger partial charge in [0.05, 0.1) is 17.9 Å². The SMILES string of the molecule is C[C@H]1CN(c2cc(S(=O)(=O)NC3(C)CC3)cn3c(-c4nnc(C(F)F)s4)cnc23)[C@@H](C)[C@H](CF)N1. The fourth-order valence-electron chi connectivity index (χ4n) is 4.39. The number of anilines is 1. The van der Waals surface area contributed by atoms with Crippen LogP contribution in [0.15, 0.2) is 23.4 Å². The Morgan fingerprint density at radius 1 is 1.31 bits per heavy atom. The van der Waals surface area contributed by atoms with Crippen molar-refractivity contribution in [3.8, 4) is 10.7 Å². The first-order valence-corrected chi connectivity index (χ1v) is 13.6. The first kappa shape index (κ1) is 24.4. The fourth-order valence-corrected chi connectivity index (χ4v) is 6.58. The van der Waals surface area contributed by atoms with Crippen LogP contribution in [0.4, 0.5) is 18.9 Å². The van der Waals surface area contributed by atoms with Crippen LogP contribution in [-0.4, -0.2) is 64.9 Å². The third-order valence-electron chi connectivity index (χ3n) is 6.62. The molecule has 0 amide bonds. The Labute approximate surface area is 204 Å². The van der Waals surface area contributed by atoms with Crippen molar-refractivity contribution in [2.45, 2.75) is 68.6 Å². The van der Waals surface area contributed by atoms with Gasteiger partial charge in [0, 0.05) is 30.4 Å². The van der Waals surface area contributed by atoms with Gasteiger partial charge >= 0.3 is 0 Å². The molecule has 190 valence electrons. The molecule has 2 aliphatic rings. The lowest BCUT2D eigenvalue weighted by molar-refractivity contribution is 0.150. The molecule has 35 heavy (non-hydrogen) atoms. The molecule has 0 radical (unpaired) electrons. The van der Waals surface area contributed by atoms with E-state index >= 15 is 0 Å². The molecule has 0 aromatic carbocycles. The largest absolute Gasteiger partial charge is 0.363 e. The second-order valence-electron chi connectivity index (χ2n) is 9.53. The summed E-state index contributed by atoms with van der Waals surface area (Å²) < 4.78 is 71.0. The molecule has 5 rings (SSSR count). The number of imidazole rings is 1. The van der Waals surface area contributed by atoms with E-state index in [1.165, 1.54) is 12.4 Å². The fraction of sp³-hybridized carbons (Fsp3) is 0.571. The minimum atomic E-state index is -3.91. The molecule has 3 aromatic heterocycles. The number of alkyl halides is 3. The highest BCUT2D eigenvalue weighted by Crippen LogP contribution is 2.38. The molecular weight excluding hydrogens is 503 g/mol.